The van der Waals surface area contributed by atoms with Gasteiger partial charge in [0, 0.05) is 6.42 Å². The molecule has 0 saturated heterocycles. The highest BCUT2D eigenvalue weighted by Gasteiger charge is 2.24. The lowest BCUT2D eigenvalue weighted by Gasteiger charge is -2.22. The van der Waals surface area contributed by atoms with Gasteiger partial charge in [0.05, 0.1) is 11.7 Å². The Hall–Kier alpha value is -3.35. The minimum absolute atomic E-state index is 0.107. The number of nitrogens with one attached hydrogen (secondary N) is 1. The van der Waals surface area contributed by atoms with Crippen LogP contribution in [0.2, 0.25) is 0 Å². The molecule has 2 rings (SSSR count). The number of ether oxygens (including phenoxy) is 2. The normalized spacial score (nSPS) is 12.2. The fourth-order valence-electron chi connectivity index (χ4n) is 2.83. The van der Waals surface area contributed by atoms with E-state index in [0.717, 1.165) is 16.7 Å². The van der Waals surface area contributed by atoms with Crippen molar-refractivity contribution in [3.63, 3.8) is 0 Å². The molecule has 0 aliphatic rings. The molecule has 1 amide bonds. The standard InChI is InChI=1S/C24H29NO6/c1-15(2)30-22(28)19-8-6-7-18(14-19)17-11-9-16(10-12-17)13-20(21(26)27)25-23(29)31-24(3,4)5/h6-12,14-15,20H,13H2,1-5H3,(H,25,29)(H,26,27). The third kappa shape index (κ3) is 7.77. The zero-order valence-electron chi connectivity index (χ0n) is 18.5. The summed E-state index contributed by atoms with van der Waals surface area (Å²) < 4.78 is 10.4. The van der Waals surface area contributed by atoms with Gasteiger partial charge in [-0.1, -0.05) is 36.4 Å². The van der Waals surface area contributed by atoms with Crippen LogP contribution in [0.4, 0.5) is 4.79 Å². The van der Waals surface area contributed by atoms with E-state index in [2.05, 4.69) is 5.32 Å². The Balaban J connectivity index is 2.11. The van der Waals surface area contributed by atoms with Crippen LogP contribution in [0.15, 0.2) is 48.5 Å². The second kappa shape index (κ2) is 10.1. The van der Waals surface area contributed by atoms with Gasteiger partial charge in [-0.25, -0.2) is 14.4 Å². The zero-order valence-corrected chi connectivity index (χ0v) is 18.5. The number of benzene rings is 2. The molecule has 0 bridgehead atoms. The number of esters is 1. The first-order valence-electron chi connectivity index (χ1n) is 10.1. The predicted octanol–water partition coefficient (Wildman–Crippen LogP) is 4.44. The number of carboxylic acid groups (broad SMARTS) is 1. The number of carbonyl (C=O) groups excluding carboxylic acids is 2. The quantitative estimate of drug-likeness (QED) is 0.634. The Morgan fingerprint density at radius 3 is 2.19 bits per heavy atom. The van der Waals surface area contributed by atoms with Crippen molar-refractivity contribution in [3.05, 3.63) is 59.7 Å². The Bertz CT molecular complexity index is 928. The summed E-state index contributed by atoms with van der Waals surface area (Å²) >= 11 is 0. The van der Waals surface area contributed by atoms with Crippen molar-refractivity contribution in [3.8, 4) is 11.1 Å². The van der Waals surface area contributed by atoms with Crippen LogP contribution in [0, 0.1) is 0 Å². The molecule has 0 fully saturated rings. The average Bonchev–Trinajstić information content (AvgIpc) is 2.66. The third-order valence-electron chi connectivity index (χ3n) is 4.16. The maximum absolute atomic E-state index is 12.1. The predicted molar refractivity (Wildman–Crippen MR) is 117 cm³/mol. The first-order chi connectivity index (χ1) is 14.4. The molecule has 1 unspecified atom stereocenters. The summed E-state index contributed by atoms with van der Waals surface area (Å²) in [5, 5.41) is 11.8. The van der Waals surface area contributed by atoms with E-state index in [1.807, 2.05) is 18.2 Å². The highest BCUT2D eigenvalue weighted by atomic mass is 16.6. The number of hydrogen-bond donors (Lipinski definition) is 2. The van der Waals surface area contributed by atoms with Crippen LogP contribution in [-0.4, -0.2) is 40.9 Å². The number of amides is 1. The molecule has 0 aromatic heterocycles. The van der Waals surface area contributed by atoms with E-state index >= 15 is 0 Å². The number of carboxylic acids is 1. The minimum Gasteiger partial charge on any atom is -0.480 e. The molecule has 7 nitrogen and oxygen atoms in total. The highest BCUT2D eigenvalue weighted by Crippen LogP contribution is 2.22. The summed E-state index contributed by atoms with van der Waals surface area (Å²) in [6.07, 6.45) is -0.871. The molecule has 166 valence electrons. The number of aliphatic carboxylic acids is 1. The smallest absolute Gasteiger partial charge is 0.408 e. The molecule has 0 radical (unpaired) electrons. The van der Waals surface area contributed by atoms with Crippen LogP contribution in [0.1, 0.15) is 50.5 Å². The fraction of sp³-hybridized carbons (Fsp3) is 0.375. The van der Waals surface area contributed by atoms with E-state index in [1.165, 1.54) is 0 Å². The van der Waals surface area contributed by atoms with Crippen LogP contribution in [0.5, 0.6) is 0 Å². The van der Waals surface area contributed by atoms with Gasteiger partial charge in [0.15, 0.2) is 0 Å². The van der Waals surface area contributed by atoms with E-state index in [4.69, 9.17) is 9.47 Å². The monoisotopic (exact) mass is 427 g/mol. The molecule has 2 aromatic carbocycles. The minimum atomic E-state index is -1.15. The number of rotatable bonds is 7. The Morgan fingerprint density at radius 1 is 1.00 bits per heavy atom. The van der Waals surface area contributed by atoms with Crippen molar-refractivity contribution in [2.45, 2.75) is 58.8 Å². The second-order valence-corrected chi connectivity index (χ2v) is 8.47. The Labute approximate surface area is 182 Å². The van der Waals surface area contributed by atoms with Crippen LogP contribution in [0.3, 0.4) is 0 Å². The summed E-state index contributed by atoms with van der Waals surface area (Å²) in [4.78, 5) is 35.6. The summed E-state index contributed by atoms with van der Waals surface area (Å²) in [5.74, 6) is -1.53. The molecular weight excluding hydrogens is 398 g/mol. The van der Waals surface area contributed by atoms with Crippen LogP contribution in [0.25, 0.3) is 11.1 Å². The molecule has 2 aromatic rings. The first-order valence-corrected chi connectivity index (χ1v) is 10.1. The first kappa shape index (κ1) is 23.9. The molecule has 0 saturated carbocycles. The van der Waals surface area contributed by atoms with Gasteiger partial charge in [-0.2, -0.15) is 0 Å². The van der Waals surface area contributed by atoms with Crippen molar-refractivity contribution < 1.29 is 29.0 Å². The molecule has 0 aliphatic carbocycles. The summed E-state index contributed by atoms with van der Waals surface area (Å²) in [6, 6.07) is 13.3. The van der Waals surface area contributed by atoms with Gasteiger partial charge in [0.25, 0.3) is 0 Å². The van der Waals surface area contributed by atoms with Crippen LogP contribution < -0.4 is 5.32 Å². The summed E-state index contributed by atoms with van der Waals surface area (Å²) in [6.45, 7) is 8.71. The maximum Gasteiger partial charge on any atom is 0.408 e. The third-order valence-corrected chi connectivity index (χ3v) is 4.16. The zero-order chi connectivity index (χ0) is 23.2. The summed E-state index contributed by atoms with van der Waals surface area (Å²) in [7, 11) is 0. The van der Waals surface area contributed by atoms with Crippen molar-refractivity contribution >= 4 is 18.0 Å². The molecule has 7 heteroatoms. The number of hydrogen-bond acceptors (Lipinski definition) is 5. The molecule has 0 spiro atoms. The molecule has 31 heavy (non-hydrogen) atoms. The van der Waals surface area contributed by atoms with Gasteiger partial charge in [-0.05, 0) is 63.4 Å². The van der Waals surface area contributed by atoms with E-state index in [1.54, 1.807) is 65.0 Å². The van der Waals surface area contributed by atoms with Gasteiger partial charge >= 0.3 is 18.0 Å². The van der Waals surface area contributed by atoms with E-state index in [0.29, 0.717) is 5.56 Å². The highest BCUT2D eigenvalue weighted by molar-refractivity contribution is 5.91. The number of carbonyl (C=O) groups is 3. The van der Waals surface area contributed by atoms with Crippen molar-refractivity contribution in [1.29, 1.82) is 0 Å². The average molecular weight is 427 g/mol. The van der Waals surface area contributed by atoms with Gasteiger partial charge in [0.2, 0.25) is 0 Å². The second-order valence-electron chi connectivity index (χ2n) is 8.47. The SMILES string of the molecule is CC(C)OC(=O)c1cccc(-c2ccc(CC(NC(=O)OC(C)(C)C)C(=O)O)cc2)c1. The van der Waals surface area contributed by atoms with E-state index in [-0.39, 0.29) is 18.5 Å². The fourth-order valence-corrected chi connectivity index (χ4v) is 2.83. The number of alkyl carbamates (subject to hydrolysis) is 1. The van der Waals surface area contributed by atoms with Crippen molar-refractivity contribution in [2.75, 3.05) is 0 Å². The lowest BCUT2D eigenvalue weighted by atomic mass is 9.99. The van der Waals surface area contributed by atoms with Crippen LogP contribution >= 0.6 is 0 Å². The topological polar surface area (TPSA) is 102 Å². The molecule has 0 heterocycles. The summed E-state index contributed by atoms with van der Waals surface area (Å²) in [5.41, 5.74) is 2.19. The van der Waals surface area contributed by atoms with Crippen molar-refractivity contribution in [2.24, 2.45) is 0 Å². The maximum atomic E-state index is 12.1. The lowest BCUT2D eigenvalue weighted by Crippen LogP contribution is -2.44. The van der Waals surface area contributed by atoms with Crippen LogP contribution in [-0.2, 0) is 20.7 Å². The Kier molecular flexibility index (Phi) is 7.80. The van der Waals surface area contributed by atoms with E-state index in [9.17, 15) is 19.5 Å². The van der Waals surface area contributed by atoms with Gasteiger partial charge < -0.3 is 19.9 Å². The van der Waals surface area contributed by atoms with E-state index < -0.39 is 23.7 Å². The Morgan fingerprint density at radius 2 is 1.65 bits per heavy atom. The van der Waals surface area contributed by atoms with Gasteiger partial charge in [-0.3, -0.25) is 0 Å². The van der Waals surface area contributed by atoms with Crippen molar-refractivity contribution in [1.82, 2.24) is 5.32 Å². The molecule has 1 atom stereocenters. The van der Waals surface area contributed by atoms with Gasteiger partial charge in [0.1, 0.15) is 11.6 Å². The molecule has 2 N–H and O–H groups in total. The lowest BCUT2D eigenvalue weighted by molar-refractivity contribution is -0.139. The molecule has 0 aliphatic heterocycles. The molecular formula is C24H29NO6. The van der Waals surface area contributed by atoms with Gasteiger partial charge in [-0.15, -0.1) is 0 Å². The largest absolute Gasteiger partial charge is 0.480 e.